The molecular weight excluding hydrogens is 734 g/mol. The van der Waals surface area contributed by atoms with Crippen LogP contribution >= 0.6 is 15.9 Å². The molecule has 0 aliphatic heterocycles. The van der Waals surface area contributed by atoms with Gasteiger partial charge in [-0.05, 0) is 144 Å². The fraction of sp³-hybridized carbons (Fsp3) is 0.0588. The maximum absolute atomic E-state index is 3.74. The minimum Gasteiger partial charge on any atom is -0.311 e. The summed E-state index contributed by atoms with van der Waals surface area (Å²) < 4.78 is 1.11. The Bertz CT molecular complexity index is 2350. The second kappa shape index (κ2) is 14.5. The Morgan fingerprint density at radius 3 is 0.945 bits per heavy atom. The normalized spacial score (nSPS) is 12.4. The molecule has 0 spiro atoms. The van der Waals surface area contributed by atoms with Crippen LogP contribution in [0.1, 0.15) is 25.0 Å². The van der Waals surface area contributed by atoms with Gasteiger partial charge in [0.05, 0.1) is 0 Å². The highest BCUT2D eigenvalue weighted by Crippen LogP contribution is 2.51. The standard InChI is InChI=1S/C51H40BrN3/c1-51(2)49-35-37(52)23-33-47(49)48-34-32-46(36-50(48)51)55(44-28-24-42(25-29-44)53(38-15-7-3-8-16-38)39-17-9-4-10-18-39)45-30-26-43(27-31-45)54(40-19-11-5-12-20-40)41-21-13-6-14-22-41/h3-36H,1-2H3. The number of nitrogens with zero attached hydrogens (tertiary/aromatic N) is 3. The molecule has 4 heteroatoms. The zero-order chi connectivity index (χ0) is 37.4. The lowest BCUT2D eigenvalue weighted by Crippen LogP contribution is -2.17. The Morgan fingerprint density at radius 2 is 0.582 bits per heavy atom. The summed E-state index contributed by atoms with van der Waals surface area (Å²) in [7, 11) is 0. The lowest BCUT2D eigenvalue weighted by molar-refractivity contribution is 0.660. The van der Waals surface area contributed by atoms with Crippen molar-refractivity contribution in [2.45, 2.75) is 19.3 Å². The first-order valence-electron chi connectivity index (χ1n) is 18.7. The Labute approximate surface area is 332 Å². The molecule has 9 rings (SSSR count). The summed E-state index contributed by atoms with van der Waals surface area (Å²) in [5.74, 6) is 0. The number of anilines is 9. The van der Waals surface area contributed by atoms with Crippen molar-refractivity contribution in [3.8, 4) is 11.1 Å². The van der Waals surface area contributed by atoms with Gasteiger partial charge in [-0.3, -0.25) is 0 Å². The first-order valence-corrected chi connectivity index (χ1v) is 19.5. The first-order chi connectivity index (χ1) is 27.0. The van der Waals surface area contributed by atoms with Gasteiger partial charge in [-0.25, -0.2) is 0 Å². The second-order valence-electron chi connectivity index (χ2n) is 14.4. The van der Waals surface area contributed by atoms with Gasteiger partial charge in [-0.15, -0.1) is 0 Å². The molecule has 55 heavy (non-hydrogen) atoms. The third-order valence-corrected chi connectivity index (χ3v) is 11.2. The number of para-hydroxylation sites is 4. The van der Waals surface area contributed by atoms with E-state index in [0.717, 1.165) is 55.7 Å². The van der Waals surface area contributed by atoms with Crippen molar-refractivity contribution in [1.82, 2.24) is 0 Å². The summed E-state index contributed by atoms with van der Waals surface area (Å²) in [5.41, 5.74) is 15.0. The van der Waals surface area contributed by atoms with Gasteiger partial charge in [0.1, 0.15) is 0 Å². The van der Waals surface area contributed by atoms with Gasteiger partial charge >= 0.3 is 0 Å². The highest BCUT2D eigenvalue weighted by atomic mass is 79.9. The number of hydrogen-bond donors (Lipinski definition) is 0. The van der Waals surface area contributed by atoms with E-state index in [0.29, 0.717) is 0 Å². The van der Waals surface area contributed by atoms with E-state index in [1.54, 1.807) is 0 Å². The summed E-state index contributed by atoms with van der Waals surface area (Å²) in [6, 6.07) is 73.8. The van der Waals surface area contributed by atoms with E-state index in [-0.39, 0.29) is 5.41 Å². The molecule has 0 bridgehead atoms. The van der Waals surface area contributed by atoms with Crippen LogP contribution in [0.15, 0.2) is 211 Å². The molecule has 0 atom stereocenters. The lowest BCUT2D eigenvalue weighted by atomic mass is 9.82. The SMILES string of the molecule is CC1(C)c2cc(Br)ccc2-c2ccc(N(c3ccc(N(c4ccccc4)c4ccccc4)cc3)c3ccc(N(c4ccccc4)c4ccccc4)cc3)cc21. The molecule has 0 N–H and O–H groups in total. The van der Waals surface area contributed by atoms with Gasteiger partial charge in [-0.1, -0.05) is 115 Å². The van der Waals surface area contributed by atoms with Crippen molar-refractivity contribution in [3.63, 3.8) is 0 Å². The zero-order valence-corrected chi connectivity index (χ0v) is 32.4. The highest BCUT2D eigenvalue weighted by Gasteiger charge is 2.36. The van der Waals surface area contributed by atoms with Gasteiger partial charge in [0.2, 0.25) is 0 Å². The summed E-state index contributed by atoms with van der Waals surface area (Å²) in [6.45, 7) is 4.68. The minimum atomic E-state index is -0.151. The van der Waals surface area contributed by atoms with Gasteiger partial charge in [0, 0.05) is 61.1 Å². The monoisotopic (exact) mass is 773 g/mol. The van der Waals surface area contributed by atoms with Gasteiger partial charge in [-0.2, -0.15) is 0 Å². The largest absolute Gasteiger partial charge is 0.311 e. The van der Waals surface area contributed by atoms with Crippen LogP contribution < -0.4 is 14.7 Å². The van der Waals surface area contributed by atoms with Crippen LogP contribution in [-0.4, -0.2) is 0 Å². The second-order valence-corrected chi connectivity index (χ2v) is 15.3. The van der Waals surface area contributed by atoms with E-state index in [1.165, 1.54) is 22.3 Å². The quantitative estimate of drug-likeness (QED) is 0.145. The Hall–Kier alpha value is -6.36. The highest BCUT2D eigenvalue weighted by molar-refractivity contribution is 9.10. The fourth-order valence-corrected chi connectivity index (χ4v) is 8.35. The van der Waals surface area contributed by atoms with Crippen molar-refractivity contribution in [3.05, 3.63) is 222 Å². The third-order valence-electron chi connectivity index (χ3n) is 10.7. The summed E-state index contributed by atoms with van der Waals surface area (Å²) in [6.07, 6.45) is 0. The smallest absolute Gasteiger partial charge is 0.0465 e. The number of fused-ring (bicyclic) bond motifs is 3. The predicted octanol–water partition coefficient (Wildman–Crippen LogP) is 15.2. The number of rotatable bonds is 9. The van der Waals surface area contributed by atoms with E-state index < -0.39 is 0 Å². The van der Waals surface area contributed by atoms with E-state index in [9.17, 15) is 0 Å². The van der Waals surface area contributed by atoms with Crippen LogP contribution in [0.2, 0.25) is 0 Å². The van der Waals surface area contributed by atoms with Crippen molar-refractivity contribution in [1.29, 1.82) is 0 Å². The molecule has 1 aliphatic rings. The van der Waals surface area contributed by atoms with Crippen molar-refractivity contribution in [2.24, 2.45) is 0 Å². The average molecular weight is 775 g/mol. The third kappa shape index (κ3) is 6.49. The van der Waals surface area contributed by atoms with Crippen LogP contribution in [0.3, 0.4) is 0 Å². The molecule has 0 saturated carbocycles. The van der Waals surface area contributed by atoms with Crippen molar-refractivity contribution in [2.75, 3.05) is 14.7 Å². The summed E-state index contributed by atoms with van der Waals surface area (Å²) in [4.78, 5) is 6.99. The molecule has 0 amide bonds. The maximum Gasteiger partial charge on any atom is 0.0465 e. The fourth-order valence-electron chi connectivity index (χ4n) is 7.99. The maximum atomic E-state index is 3.74. The minimum absolute atomic E-state index is 0.151. The van der Waals surface area contributed by atoms with Crippen LogP contribution in [0.5, 0.6) is 0 Å². The number of halogens is 1. The molecule has 0 radical (unpaired) electrons. The van der Waals surface area contributed by atoms with Gasteiger partial charge in [0.25, 0.3) is 0 Å². The van der Waals surface area contributed by atoms with Crippen LogP contribution in [-0.2, 0) is 5.41 Å². The molecule has 0 fully saturated rings. The Kier molecular flexibility index (Phi) is 9.05. The molecule has 0 saturated heterocycles. The molecule has 0 heterocycles. The summed E-state index contributed by atoms with van der Waals surface area (Å²) >= 11 is 3.74. The number of hydrogen-bond acceptors (Lipinski definition) is 3. The molecule has 0 aromatic heterocycles. The topological polar surface area (TPSA) is 9.72 Å². The molecular formula is C51H40BrN3. The van der Waals surface area contributed by atoms with Crippen LogP contribution in [0.25, 0.3) is 11.1 Å². The van der Waals surface area contributed by atoms with E-state index >= 15 is 0 Å². The predicted molar refractivity (Wildman–Crippen MR) is 236 cm³/mol. The van der Waals surface area contributed by atoms with Crippen molar-refractivity contribution >= 4 is 67.1 Å². The van der Waals surface area contributed by atoms with E-state index in [2.05, 4.69) is 251 Å². The molecule has 266 valence electrons. The zero-order valence-electron chi connectivity index (χ0n) is 30.8. The Balaban J connectivity index is 1.16. The van der Waals surface area contributed by atoms with Crippen LogP contribution in [0.4, 0.5) is 51.2 Å². The molecule has 8 aromatic carbocycles. The Morgan fingerprint density at radius 1 is 0.309 bits per heavy atom. The molecule has 1 aliphatic carbocycles. The van der Waals surface area contributed by atoms with Crippen molar-refractivity contribution < 1.29 is 0 Å². The summed E-state index contributed by atoms with van der Waals surface area (Å²) in [5, 5.41) is 0. The average Bonchev–Trinajstić information content (AvgIpc) is 3.45. The molecule has 0 unspecified atom stereocenters. The van der Waals surface area contributed by atoms with Gasteiger partial charge < -0.3 is 14.7 Å². The molecule has 8 aromatic rings. The molecule has 3 nitrogen and oxygen atoms in total. The van der Waals surface area contributed by atoms with E-state index in [1.807, 2.05) is 0 Å². The lowest BCUT2D eigenvalue weighted by Gasteiger charge is -2.30. The first kappa shape index (κ1) is 34.4. The van der Waals surface area contributed by atoms with Crippen LogP contribution in [0, 0.1) is 0 Å². The van der Waals surface area contributed by atoms with E-state index in [4.69, 9.17) is 0 Å². The number of benzene rings is 8. The van der Waals surface area contributed by atoms with Gasteiger partial charge in [0.15, 0.2) is 0 Å².